The lowest BCUT2D eigenvalue weighted by atomic mass is 9.88. The molecule has 0 fully saturated rings. The fraction of sp³-hybridized carbons (Fsp3) is 0.250. The number of benzene rings is 4. The average molecular weight is 594 g/mol. The van der Waals surface area contributed by atoms with Crippen LogP contribution in [0.25, 0.3) is 0 Å². The third-order valence-electron chi connectivity index (χ3n) is 7.58. The van der Waals surface area contributed by atoms with Crippen molar-refractivity contribution in [1.29, 1.82) is 0 Å². The largest absolute Gasteiger partial charge is 0.497 e. The van der Waals surface area contributed by atoms with Crippen molar-refractivity contribution in [3.05, 3.63) is 138 Å². The zero-order valence-electron chi connectivity index (χ0n) is 25.1. The van der Waals surface area contributed by atoms with Crippen LogP contribution in [0.5, 0.6) is 5.75 Å². The summed E-state index contributed by atoms with van der Waals surface area (Å²) in [6, 6.07) is 34.4. The van der Waals surface area contributed by atoms with E-state index in [0.717, 1.165) is 22.3 Å². The van der Waals surface area contributed by atoms with Crippen molar-refractivity contribution < 1.29 is 23.9 Å². The van der Waals surface area contributed by atoms with Crippen molar-refractivity contribution in [3.63, 3.8) is 0 Å². The number of nitrogens with zero attached hydrogens (tertiary/aromatic N) is 1. The van der Waals surface area contributed by atoms with E-state index in [-0.39, 0.29) is 25.5 Å². The lowest BCUT2D eigenvalue weighted by Crippen LogP contribution is -2.51. The number of alkyl carbamates (subject to hydrolysis) is 1. The van der Waals surface area contributed by atoms with E-state index in [1.54, 1.807) is 12.0 Å². The Labute approximate surface area is 258 Å². The summed E-state index contributed by atoms with van der Waals surface area (Å²) in [4.78, 5) is 41.6. The minimum Gasteiger partial charge on any atom is -0.497 e. The SMILES string of the molecule is COc1ccc([C@H](C)N(C(=O)C(c2ccccc2)c2ccccc2)[C@H](CCCNC(=O)OCc2ccccc2)C(N)=O)cc1. The van der Waals surface area contributed by atoms with Gasteiger partial charge in [-0.3, -0.25) is 9.59 Å². The zero-order chi connectivity index (χ0) is 31.3. The first-order chi connectivity index (χ1) is 21.4. The fourth-order valence-electron chi connectivity index (χ4n) is 5.25. The van der Waals surface area contributed by atoms with Crippen molar-refractivity contribution in [2.45, 2.75) is 44.4 Å². The molecule has 4 aromatic carbocycles. The molecular weight excluding hydrogens is 554 g/mol. The van der Waals surface area contributed by atoms with Gasteiger partial charge in [0, 0.05) is 6.54 Å². The van der Waals surface area contributed by atoms with Crippen LogP contribution < -0.4 is 15.8 Å². The maximum Gasteiger partial charge on any atom is 0.407 e. The topological polar surface area (TPSA) is 111 Å². The van der Waals surface area contributed by atoms with Gasteiger partial charge in [0.25, 0.3) is 0 Å². The molecule has 4 aromatic rings. The molecule has 0 radical (unpaired) electrons. The number of primary amides is 1. The molecule has 3 N–H and O–H groups in total. The predicted octanol–water partition coefficient (Wildman–Crippen LogP) is 5.98. The first-order valence-electron chi connectivity index (χ1n) is 14.7. The monoisotopic (exact) mass is 593 g/mol. The van der Waals surface area contributed by atoms with Gasteiger partial charge < -0.3 is 25.4 Å². The number of ether oxygens (including phenoxy) is 2. The second-order valence-electron chi connectivity index (χ2n) is 10.5. The van der Waals surface area contributed by atoms with Crippen LogP contribution in [0, 0.1) is 0 Å². The summed E-state index contributed by atoms with van der Waals surface area (Å²) < 4.78 is 10.6. The number of nitrogens with one attached hydrogen (secondary N) is 1. The molecule has 4 rings (SSSR count). The molecule has 0 aliphatic heterocycles. The molecule has 3 amide bonds. The second kappa shape index (κ2) is 15.9. The molecule has 0 bridgehead atoms. The Hall–Kier alpha value is -5.11. The summed E-state index contributed by atoms with van der Waals surface area (Å²) in [7, 11) is 1.59. The van der Waals surface area contributed by atoms with Crippen molar-refractivity contribution in [2.75, 3.05) is 13.7 Å². The molecular formula is C36H39N3O5. The Bertz CT molecular complexity index is 1440. The third kappa shape index (κ3) is 8.47. The van der Waals surface area contributed by atoms with E-state index in [2.05, 4.69) is 5.32 Å². The van der Waals surface area contributed by atoms with E-state index in [9.17, 15) is 14.4 Å². The predicted molar refractivity (Wildman–Crippen MR) is 170 cm³/mol. The molecule has 0 aliphatic rings. The van der Waals surface area contributed by atoms with Crippen LogP contribution in [0.1, 0.15) is 54.0 Å². The molecule has 44 heavy (non-hydrogen) atoms. The number of hydrogen-bond acceptors (Lipinski definition) is 5. The normalized spacial score (nSPS) is 12.2. The number of carbonyl (C=O) groups excluding carboxylic acids is 3. The molecule has 228 valence electrons. The Morgan fingerprint density at radius 2 is 1.32 bits per heavy atom. The van der Waals surface area contributed by atoms with Gasteiger partial charge in [0.15, 0.2) is 0 Å². The summed E-state index contributed by atoms with van der Waals surface area (Å²) in [6.45, 7) is 2.29. The van der Waals surface area contributed by atoms with Gasteiger partial charge in [0.05, 0.1) is 19.1 Å². The molecule has 0 aliphatic carbocycles. The van der Waals surface area contributed by atoms with Gasteiger partial charge in [-0.15, -0.1) is 0 Å². The number of rotatable bonds is 14. The number of amides is 3. The van der Waals surface area contributed by atoms with Gasteiger partial charge in [0.2, 0.25) is 11.8 Å². The van der Waals surface area contributed by atoms with Crippen LogP contribution in [0.3, 0.4) is 0 Å². The number of methoxy groups -OCH3 is 1. The Balaban J connectivity index is 1.57. The standard InChI is InChI=1S/C36H39N3O5/c1-26(28-20-22-31(43-2)23-21-28)39(35(41)33(29-15-8-4-9-16-29)30-17-10-5-11-18-30)32(34(37)40)19-12-24-38-36(42)44-25-27-13-6-3-7-14-27/h3-11,13-18,20-23,26,32-33H,12,19,24-25H2,1-2H3,(H2,37,40)(H,38,42)/t26-,32+/m0/s1. The fourth-order valence-corrected chi connectivity index (χ4v) is 5.25. The smallest absolute Gasteiger partial charge is 0.407 e. The second-order valence-corrected chi connectivity index (χ2v) is 10.5. The maximum atomic E-state index is 14.7. The molecule has 2 atom stereocenters. The maximum absolute atomic E-state index is 14.7. The number of carbonyl (C=O) groups is 3. The minimum atomic E-state index is -0.934. The highest BCUT2D eigenvalue weighted by Gasteiger charge is 2.37. The highest BCUT2D eigenvalue weighted by molar-refractivity contribution is 5.92. The summed E-state index contributed by atoms with van der Waals surface area (Å²) in [5.74, 6) is -0.844. The molecule has 0 aromatic heterocycles. The summed E-state index contributed by atoms with van der Waals surface area (Å²) in [6.07, 6.45) is 0.0861. The molecule has 8 nitrogen and oxygen atoms in total. The Morgan fingerprint density at radius 3 is 1.84 bits per heavy atom. The van der Waals surface area contributed by atoms with Crippen LogP contribution in [0.15, 0.2) is 115 Å². The van der Waals surface area contributed by atoms with Gasteiger partial charge in [-0.1, -0.05) is 103 Å². The van der Waals surface area contributed by atoms with Crippen LogP contribution in [-0.4, -0.2) is 42.5 Å². The van der Waals surface area contributed by atoms with Gasteiger partial charge in [-0.05, 0) is 54.2 Å². The van der Waals surface area contributed by atoms with Crippen molar-refractivity contribution in [1.82, 2.24) is 10.2 Å². The highest BCUT2D eigenvalue weighted by atomic mass is 16.5. The summed E-state index contributed by atoms with van der Waals surface area (Å²) >= 11 is 0. The molecule has 0 saturated heterocycles. The molecule has 0 unspecified atom stereocenters. The van der Waals surface area contributed by atoms with Gasteiger partial charge in [-0.25, -0.2) is 4.79 Å². The molecule has 8 heteroatoms. The van der Waals surface area contributed by atoms with E-state index in [0.29, 0.717) is 12.2 Å². The van der Waals surface area contributed by atoms with Gasteiger partial charge in [0.1, 0.15) is 18.4 Å². The molecule has 0 saturated carbocycles. The molecule has 0 spiro atoms. The van der Waals surface area contributed by atoms with E-state index < -0.39 is 30.0 Å². The van der Waals surface area contributed by atoms with E-state index in [4.69, 9.17) is 15.2 Å². The highest BCUT2D eigenvalue weighted by Crippen LogP contribution is 2.33. The number of nitrogens with two attached hydrogens (primary N) is 1. The van der Waals surface area contributed by atoms with Crippen LogP contribution >= 0.6 is 0 Å². The van der Waals surface area contributed by atoms with Crippen LogP contribution in [-0.2, 0) is 20.9 Å². The first kappa shape index (κ1) is 31.8. The van der Waals surface area contributed by atoms with Gasteiger partial charge in [-0.2, -0.15) is 0 Å². The van der Waals surface area contributed by atoms with Crippen molar-refractivity contribution in [2.24, 2.45) is 5.73 Å². The summed E-state index contributed by atoms with van der Waals surface area (Å²) in [5.41, 5.74) is 9.32. The van der Waals surface area contributed by atoms with E-state index in [1.165, 1.54) is 0 Å². The first-order valence-corrected chi connectivity index (χ1v) is 14.7. The van der Waals surface area contributed by atoms with E-state index >= 15 is 0 Å². The van der Waals surface area contributed by atoms with Crippen molar-refractivity contribution >= 4 is 17.9 Å². The number of hydrogen-bond donors (Lipinski definition) is 2. The van der Waals surface area contributed by atoms with Gasteiger partial charge >= 0.3 is 6.09 Å². The lowest BCUT2D eigenvalue weighted by Gasteiger charge is -2.38. The zero-order valence-corrected chi connectivity index (χ0v) is 25.1. The van der Waals surface area contributed by atoms with Crippen LogP contribution in [0.2, 0.25) is 0 Å². The Morgan fingerprint density at radius 1 is 0.773 bits per heavy atom. The van der Waals surface area contributed by atoms with E-state index in [1.807, 2.05) is 122 Å². The summed E-state index contributed by atoms with van der Waals surface area (Å²) in [5, 5.41) is 2.73. The average Bonchev–Trinajstić information content (AvgIpc) is 3.06. The molecule has 0 heterocycles. The third-order valence-corrected chi connectivity index (χ3v) is 7.58. The van der Waals surface area contributed by atoms with Crippen molar-refractivity contribution in [3.8, 4) is 5.75 Å². The Kier molecular flexibility index (Phi) is 11.5. The lowest BCUT2D eigenvalue weighted by molar-refractivity contribution is -0.142. The minimum absolute atomic E-state index is 0.151. The quantitative estimate of drug-likeness (QED) is 0.175. The van der Waals surface area contributed by atoms with Crippen LogP contribution in [0.4, 0.5) is 4.79 Å².